The first kappa shape index (κ1) is 49.7. The van der Waals surface area contributed by atoms with E-state index in [0.29, 0.717) is 57.8 Å². The Balaban J connectivity index is 1.97. The maximum atomic E-state index is 13.7. The zero-order valence-electron chi connectivity index (χ0n) is 36.3. The molecule has 0 saturated carbocycles. The molecule has 1 unspecified atom stereocenters. The number of allylic oxidation sites excluding steroid dienone is 4. The molecule has 0 aromatic rings. The summed E-state index contributed by atoms with van der Waals surface area (Å²) in [7, 11) is 1.53. The number of carbonyl (C=O) groups excluding carboxylic acids is 1. The number of hydrogen-bond donors (Lipinski definition) is 6. The number of rotatable bonds is 8. The zero-order chi connectivity index (χ0) is 42.3. The van der Waals surface area contributed by atoms with Crippen molar-refractivity contribution in [3.8, 4) is 0 Å². The van der Waals surface area contributed by atoms with E-state index in [2.05, 4.69) is 26.0 Å². The van der Waals surface area contributed by atoms with Gasteiger partial charge in [0.25, 0.3) is 0 Å². The third-order valence-corrected chi connectivity index (χ3v) is 13.4. The summed E-state index contributed by atoms with van der Waals surface area (Å²) in [5.74, 6) is -2.69. The summed E-state index contributed by atoms with van der Waals surface area (Å²) in [6.45, 7) is 13.4. The SMILES string of the molecule is CC[C@@H](O)C[C@@H]1O[C@@]2(CC[C@@H]1C)C[C@@H]1OC(=O)/C=C/[C@H](C)[C@@H](O)[C@@H](C)[C@H](O)C[C@H](OC)C[C@H](O)[C@H](C)[C@H](O)CC/C=C/C=C/[C@H](CC)CC[C@H](O2)[C@H]1CCC(C)O. The highest BCUT2D eigenvalue weighted by Gasteiger charge is 2.52. The molecule has 3 aliphatic heterocycles. The van der Waals surface area contributed by atoms with Crippen molar-refractivity contribution in [2.75, 3.05) is 7.11 Å². The van der Waals surface area contributed by atoms with Crippen LogP contribution in [0.2, 0.25) is 0 Å². The maximum absolute atomic E-state index is 13.7. The molecule has 2 bridgehead atoms. The third kappa shape index (κ3) is 15.7. The van der Waals surface area contributed by atoms with Crippen LogP contribution in [-0.2, 0) is 23.7 Å². The molecule has 0 amide bonds. The van der Waals surface area contributed by atoms with E-state index >= 15 is 0 Å². The lowest BCUT2D eigenvalue weighted by molar-refractivity contribution is -0.349. The standard InChI is InChI=1S/C46H80O11/c1-9-34-15-13-11-12-14-16-38(49)32(6)39(50)26-36(54-8)27-40(51)33(7)45(53)30(4)17-22-44(52)55-43-28-46(24-23-29(3)42(57-46)25-35(48)10-2)56-41(21-19-34)37(43)20-18-31(5)47/h11-13,15,17,22,29-43,45,47-51,53H,9-10,14,16,18-21,23-28H2,1-8H3/b12-11+,15-13+,22-17+/t29-,30-,31?,32+,33-,34-,35+,36+,37+,38+,39-,40+,41-,42-,43-,45+,46-/m0/s1. The fourth-order valence-electron chi connectivity index (χ4n) is 8.85. The van der Waals surface area contributed by atoms with E-state index in [1.807, 2.05) is 26.0 Å². The summed E-state index contributed by atoms with van der Waals surface area (Å²) in [6.07, 6.45) is 13.2. The van der Waals surface area contributed by atoms with Crippen molar-refractivity contribution in [3.05, 3.63) is 36.5 Å². The number of carbonyl (C=O) groups is 1. The summed E-state index contributed by atoms with van der Waals surface area (Å²) < 4.78 is 25.8. The van der Waals surface area contributed by atoms with Gasteiger partial charge < -0.3 is 49.6 Å². The van der Waals surface area contributed by atoms with Crippen LogP contribution in [0.3, 0.4) is 0 Å². The second-order valence-corrected chi connectivity index (χ2v) is 17.9. The van der Waals surface area contributed by atoms with E-state index in [1.54, 1.807) is 26.8 Å². The molecule has 0 aromatic carbocycles. The van der Waals surface area contributed by atoms with Crippen LogP contribution in [0.4, 0.5) is 0 Å². The molecule has 0 aliphatic carbocycles. The van der Waals surface area contributed by atoms with Crippen LogP contribution in [0.5, 0.6) is 0 Å². The fraction of sp³-hybridized carbons (Fsp3) is 0.848. The lowest BCUT2D eigenvalue weighted by Crippen LogP contribution is -2.58. The first-order chi connectivity index (χ1) is 27.0. The van der Waals surface area contributed by atoms with E-state index in [9.17, 15) is 35.4 Å². The van der Waals surface area contributed by atoms with Gasteiger partial charge in [-0.25, -0.2) is 4.79 Å². The maximum Gasteiger partial charge on any atom is 0.330 e. The van der Waals surface area contributed by atoms with Gasteiger partial charge in [-0.05, 0) is 95.8 Å². The Labute approximate surface area is 343 Å². The molecule has 11 heteroatoms. The van der Waals surface area contributed by atoms with Crippen molar-refractivity contribution in [2.24, 2.45) is 35.5 Å². The summed E-state index contributed by atoms with van der Waals surface area (Å²) in [5, 5.41) is 65.3. The Kier molecular flexibility index (Phi) is 21.4. The van der Waals surface area contributed by atoms with Crippen LogP contribution in [0, 0.1) is 35.5 Å². The van der Waals surface area contributed by atoms with Gasteiger partial charge in [0, 0.05) is 49.7 Å². The van der Waals surface area contributed by atoms with E-state index < -0.39 is 78.3 Å². The predicted molar refractivity (Wildman–Crippen MR) is 222 cm³/mol. The third-order valence-electron chi connectivity index (χ3n) is 13.4. The van der Waals surface area contributed by atoms with Crippen LogP contribution in [0.1, 0.15) is 138 Å². The van der Waals surface area contributed by atoms with E-state index in [0.717, 1.165) is 19.3 Å². The first-order valence-electron chi connectivity index (χ1n) is 22.2. The Morgan fingerprint density at radius 2 is 1.58 bits per heavy atom. The second kappa shape index (κ2) is 24.6. The smallest absolute Gasteiger partial charge is 0.330 e. The zero-order valence-corrected chi connectivity index (χ0v) is 36.3. The summed E-state index contributed by atoms with van der Waals surface area (Å²) in [6, 6.07) is 0. The number of aliphatic hydroxyl groups excluding tert-OH is 6. The van der Waals surface area contributed by atoms with Crippen molar-refractivity contribution < 1.29 is 54.4 Å². The summed E-state index contributed by atoms with van der Waals surface area (Å²) in [5.41, 5.74) is 0. The van der Waals surface area contributed by atoms with E-state index in [-0.39, 0.29) is 42.8 Å². The molecule has 1 spiro atoms. The van der Waals surface area contributed by atoms with Crippen LogP contribution in [-0.4, -0.2) is 111 Å². The number of fused-ring (bicyclic) bond motifs is 2. The van der Waals surface area contributed by atoms with E-state index in [1.165, 1.54) is 13.2 Å². The Bertz CT molecular complexity index is 1240. The first-order valence-corrected chi connectivity index (χ1v) is 22.2. The average molecular weight is 809 g/mol. The number of ether oxygens (including phenoxy) is 4. The second-order valence-electron chi connectivity index (χ2n) is 17.9. The van der Waals surface area contributed by atoms with Gasteiger partial charge in [-0.3, -0.25) is 0 Å². The molecule has 6 N–H and O–H groups in total. The van der Waals surface area contributed by atoms with Gasteiger partial charge in [-0.2, -0.15) is 0 Å². The van der Waals surface area contributed by atoms with Gasteiger partial charge in [0.1, 0.15) is 6.10 Å². The largest absolute Gasteiger partial charge is 0.459 e. The molecule has 2 fully saturated rings. The van der Waals surface area contributed by atoms with Crippen LogP contribution in [0.15, 0.2) is 36.5 Å². The molecular weight excluding hydrogens is 728 g/mol. The van der Waals surface area contributed by atoms with Gasteiger partial charge >= 0.3 is 5.97 Å². The van der Waals surface area contributed by atoms with Crippen LogP contribution >= 0.6 is 0 Å². The Hall–Kier alpha value is -1.67. The number of esters is 1. The molecule has 0 radical (unpaired) electrons. The minimum Gasteiger partial charge on any atom is -0.459 e. The van der Waals surface area contributed by atoms with Gasteiger partial charge in [-0.1, -0.05) is 71.9 Å². The summed E-state index contributed by atoms with van der Waals surface area (Å²) >= 11 is 0. The van der Waals surface area contributed by atoms with Gasteiger partial charge in [0.15, 0.2) is 5.79 Å². The molecule has 330 valence electrons. The number of aliphatic hydroxyl groups is 6. The molecule has 3 heterocycles. The van der Waals surface area contributed by atoms with Crippen LogP contribution in [0.25, 0.3) is 0 Å². The molecule has 0 aromatic heterocycles. The molecule has 3 rings (SSSR count). The van der Waals surface area contributed by atoms with Crippen LogP contribution < -0.4 is 0 Å². The van der Waals surface area contributed by atoms with Crippen molar-refractivity contribution >= 4 is 5.97 Å². The van der Waals surface area contributed by atoms with Gasteiger partial charge in [-0.15, -0.1) is 0 Å². The Morgan fingerprint density at radius 1 is 0.877 bits per heavy atom. The average Bonchev–Trinajstić information content (AvgIpc) is 3.18. The molecular formula is C46H80O11. The normalized spacial score (nSPS) is 42.7. The van der Waals surface area contributed by atoms with Crippen molar-refractivity contribution in [1.29, 1.82) is 0 Å². The lowest BCUT2D eigenvalue weighted by atomic mass is 9.77. The molecule has 17 atom stereocenters. The monoisotopic (exact) mass is 809 g/mol. The molecule has 11 nitrogen and oxygen atoms in total. The molecule has 3 aliphatic rings. The highest BCUT2D eigenvalue weighted by Crippen LogP contribution is 2.47. The lowest BCUT2D eigenvalue weighted by Gasteiger charge is -2.52. The van der Waals surface area contributed by atoms with Crippen molar-refractivity contribution in [1.82, 2.24) is 0 Å². The van der Waals surface area contributed by atoms with Crippen molar-refractivity contribution in [2.45, 2.75) is 205 Å². The minimum absolute atomic E-state index is 0.181. The minimum atomic E-state index is -0.985. The number of hydrogen-bond acceptors (Lipinski definition) is 11. The summed E-state index contributed by atoms with van der Waals surface area (Å²) in [4.78, 5) is 13.7. The van der Waals surface area contributed by atoms with E-state index in [4.69, 9.17) is 18.9 Å². The predicted octanol–water partition coefficient (Wildman–Crippen LogP) is 6.55. The highest BCUT2D eigenvalue weighted by atomic mass is 16.7. The topological polar surface area (TPSA) is 175 Å². The van der Waals surface area contributed by atoms with Gasteiger partial charge in [0.2, 0.25) is 0 Å². The van der Waals surface area contributed by atoms with Crippen molar-refractivity contribution in [3.63, 3.8) is 0 Å². The quantitative estimate of drug-likeness (QED) is 0.147. The molecule has 57 heavy (non-hydrogen) atoms. The number of methoxy groups -OCH3 is 1. The Morgan fingerprint density at radius 3 is 2.23 bits per heavy atom. The molecule has 2 saturated heterocycles. The fourth-order valence-corrected chi connectivity index (χ4v) is 8.85. The van der Waals surface area contributed by atoms with Gasteiger partial charge in [0.05, 0.1) is 54.9 Å². The highest BCUT2D eigenvalue weighted by molar-refractivity contribution is 5.82.